The fourth-order valence-corrected chi connectivity index (χ4v) is 7.88. The maximum absolute atomic E-state index is 13.7. The number of Topliss-reactive ketones (excluding diaryl/α,β-unsaturated/α-hetero) is 1. The average Bonchev–Trinajstić information content (AvgIpc) is 3.37. The van der Waals surface area contributed by atoms with Gasteiger partial charge in [0, 0.05) is 5.41 Å². The number of allylic oxidation sites excluding steroid dienone is 2. The van der Waals surface area contributed by atoms with Crippen molar-refractivity contribution in [2.24, 2.45) is 28.6 Å². The van der Waals surface area contributed by atoms with Gasteiger partial charge in [0.05, 0.1) is 13.2 Å². The second-order valence-corrected chi connectivity index (χ2v) is 11.3. The zero-order valence-electron chi connectivity index (χ0n) is 19.9. The molecule has 0 amide bonds. The zero-order valence-corrected chi connectivity index (χ0v) is 19.9. The Bertz CT molecular complexity index is 1070. The lowest BCUT2D eigenvalue weighted by atomic mass is 9.48. The number of rotatable bonds is 2. The van der Waals surface area contributed by atoms with E-state index in [1.54, 1.807) is 7.11 Å². The molecule has 3 fully saturated rings. The van der Waals surface area contributed by atoms with E-state index in [-0.39, 0.29) is 23.7 Å². The van der Waals surface area contributed by atoms with Gasteiger partial charge in [-0.15, -0.1) is 0 Å². The molecule has 0 spiro atoms. The van der Waals surface area contributed by atoms with Crippen molar-refractivity contribution in [1.29, 1.82) is 0 Å². The molecule has 1 N–H and O–H groups in total. The summed E-state index contributed by atoms with van der Waals surface area (Å²) in [7, 11) is 1.63. The molecule has 33 heavy (non-hydrogen) atoms. The highest BCUT2D eigenvalue weighted by molar-refractivity contribution is 6.06. The zero-order chi connectivity index (χ0) is 23.0. The SMILES string of the molecule is COc1cc(/C=C2\C[C@H]3[C@@H]4CC=C5C[C@H](O)CC[C@]5(C)[C@H]4CC[C@]3(C)C2=O)cc2c1OCO2. The summed E-state index contributed by atoms with van der Waals surface area (Å²) in [5.41, 5.74) is 3.24. The molecule has 0 radical (unpaired) electrons. The largest absolute Gasteiger partial charge is 0.493 e. The minimum Gasteiger partial charge on any atom is -0.493 e. The second kappa shape index (κ2) is 7.36. The van der Waals surface area contributed by atoms with Gasteiger partial charge in [0.2, 0.25) is 12.5 Å². The van der Waals surface area contributed by atoms with Gasteiger partial charge in [-0.05, 0) is 97.5 Å². The van der Waals surface area contributed by atoms with E-state index in [4.69, 9.17) is 14.2 Å². The Morgan fingerprint density at radius 2 is 1.91 bits per heavy atom. The molecule has 5 nitrogen and oxygen atoms in total. The van der Waals surface area contributed by atoms with Crippen LogP contribution in [0.4, 0.5) is 0 Å². The Labute approximate surface area is 195 Å². The Kier molecular flexibility index (Phi) is 4.75. The standard InChI is InChI=1S/C28H34O5/c1-27-8-6-19(29)14-18(27)4-5-20-21(27)7-9-28(2)22(20)13-17(26(28)30)10-16-11-23(31-3)25-24(12-16)32-15-33-25/h4,10-12,19-22,29H,5-9,13-15H2,1-3H3/b17-10+/t19-,20-,21+,22+,27+,28+/m1/s1. The van der Waals surface area contributed by atoms with Gasteiger partial charge in [0.25, 0.3) is 0 Å². The molecule has 0 unspecified atom stereocenters. The number of ether oxygens (including phenoxy) is 3. The molecule has 0 saturated heterocycles. The summed E-state index contributed by atoms with van der Waals surface area (Å²) in [5, 5.41) is 10.2. The normalized spacial score (nSPS) is 40.2. The predicted molar refractivity (Wildman–Crippen MR) is 125 cm³/mol. The van der Waals surface area contributed by atoms with Crippen molar-refractivity contribution >= 4 is 11.9 Å². The first-order chi connectivity index (χ1) is 15.8. The number of carbonyl (C=O) groups excluding carboxylic acids is 1. The van der Waals surface area contributed by atoms with Crippen LogP contribution in [0.1, 0.15) is 64.4 Å². The van der Waals surface area contributed by atoms with Gasteiger partial charge in [0.15, 0.2) is 17.3 Å². The number of aliphatic hydroxyl groups is 1. The first-order valence-electron chi connectivity index (χ1n) is 12.4. The Hall–Kier alpha value is -2.27. The quantitative estimate of drug-likeness (QED) is 0.489. The fraction of sp³-hybridized carbons (Fsp3) is 0.607. The van der Waals surface area contributed by atoms with Crippen LogP contribution in [-0.2, 0) is 4.79 Å². The van der Waals surface area contributed by atoms with Gasteiger partial charge in [-0.2, -0.15) is 0 Å². The smallest absolute Gasteiger partial charge is 0.231 e. The van der Waals surface area contributed by atoms with Crippen molar-refractivity contribution in [1.82, 2.24) is 0 Å². The summed E-state index contributed by atoms with van der Waals surface area (Å²) in [6, 6.07) is 3.88. The third-order valence-electron chi connectivity index (χ3n) is 9.74. The molecule has 3 saturated carbocycles. The lowest BCUT2D eigenvalue weighted by Crippen LogP contribution is -2.50. The minimum absolute atomic E-state index is 0.184. The van der Waals surface area contributed by atoms with Crippen molar-refractivity contribution in [3.63, 3.8) is 0 Å². The predicted octanol–water partition coefficient (Wildman–Crippen LogP) is 5.31. The first kappa shape index (κ1) is 21.3. The van der Waals surface area contributed by atoms with Crippen LogP contribution in [-0.4, -0.2) is 30.9 Å². The third-order valence-corrected chi connectivity index (χ3v) is 9.74. The highest BCUT2D eigenvalue weighted by Gasteiger charge is 2.59. The first-order valence-corrected chi connectivity index (χ1v) is 12.4. The van der Waals surface area contributed by atoms with Crippen molar-refractivity contribution in [3.8, 4) is 17.2 Å². The number of aliphatic hydroxyl groups excluding tert-OH is 1. The van der Waals surface area contributed by atoms with Crippen LogP contribution in [0, 0.1) is 28.6 Å². The summed E-state index contributed by atoms with van der Waals surface area (Å²) in [6.07, 6.45) is 11.0. The topological polar surface area (TPSA) is 65.0 Å². The summed E-state index contributed by atoms with van der Waals surface area (Å²) >= 11 is 0. The molecule has 1 aromatic carbocycles. The monoisotopic (exact) mass is 450 g/mol. The summed E-state index contributed by atoms with van der Waals surface area (Å²) < 4.78 is 16.6. The van der Waals surface area contributed by atoms with E-state index in [0.717, 1.165) is 56.1 Å². The molecule has 6 rings (SSSR count). The maximum atomic E-state index is 13.7. The van der Waals surface area contributed by atoms with Crippen LogP contribution in [0.2, 0.25) is 0 Å². The van der Waals surface area contributed by atoms with E-state index < -0.39 is 0 Å². The Morgan fingerprint density at radius 1 is 1.09 bits per heavy atom. The van der Waals surface area contributed by atoms with Crippen LogP contribution < -0.4 is 14.2 Å². The van der Waals surface area contributed by atoms with E-state index >= 15 is 0 Å². The molecule has 0 bridgehead atoms. The van der Waals surface area contributed by atoms with Gasteiger partial charge < -0.3 is 19.3 Å². The van der Waals surface area contributed by atoms with Crippen LogP contribution in [0.25, 0.3) is 6.08 Å². The summed E-state index contributed by atoms with van der Waals surface area (Å²) in [6.45, 7) is 4.83. The average molecular weight is 451 g/mol. The van der Waals surface area contributed by atoms with Gasteiger partial charge in [0.1, 0.15) is 0 Å². The van der Waals surface area contributed by atoms with Crippen molar-refractivity contribution < 1.29 is 24.1 Å². The number of hydrogen-bond acceptors (Lipinski definition) is 5. The number of methoxy groups -OCH3 is 1. The molecule has 1 aromatic rings. The molecule has 0 aromatic heterocycles. The Morgan fingerprint density at radius 3 is 2.73 bits per heavy atom. The van der Waals surface area contributed by atoms with Crippen LogP contribution in [0.5, 0.6) is 17.2 Å². The highest BCUT2D eigenvalue weighted by Crippen LogP contribution is 2.64. The molecule has 6 atom stereocenters. The number of fused-ring (bicyclic) bond motifs is 6. The molecule has 1 aliphatic heterocycles. The molecule has 5 aliphatic rings. The van der Waals surface area contributed by atoms with E-state index in [0.29, 0.717) is 40.8 Å². The molecular weight excluding hydrogens is 416 g/mol. The van der Waals surface area contributed by atoms with Crippen LogP contribution in [0.3, 0.4) is 0 Å². The fourth-order valence-electron chi connectivity index (χ4n) is 7.88. The van der Waals surface area contributed by atoms with E-state index in [1.807, 2.05) is 18.2 Å². The van der Waals surface area contributed by atoms with E-state index in [1.165, 1.54) is 5.57 Å². The molecular formula is C28H34O5. The van der Waals surface area contributed by atoms with Crippen molar-refractivity contribution in [2.45, 2.75) is 64.9 Å². The second-order valence-electron chi connectivity index (χ2n) is 11.3. The van der Waals surface area contributed by atoms with E-state index in [9.17, 15) is 9.90 Å². The molecule has 1 heterocycles. The highest BCUT2D eigenvalue weighted by atomic mass is 16.7. The molecule has 4 aliphatic carbocycles. The Balaban J connectivity index is 1.33. The van der Waals surface area contributed by atoms with Crippen LogP contribution in [0.15, 0.2) is 29.4 Å². The summed E-state index contributed by atoms with van der Waals surface area (Å²) in [4.78, 5) is 13.7. The van der Waals surface area contributed by atoms with Gasteiger partial charge in [-0.1, -0.05) is 25.5 Å². The third kappa shape index (κ3) is 3.04. The lowest BCUT2D eigenvalue weighted by molar-refractivity contribution is -0.130. The number of carbonyl (C=O) groups is 1. The number of ketones is 1. The molecule has 5 heteroatoms. The van der Waals surface area contributed by atoms with Crippen molar-refractivity contribution in [3.05, 3.63) is 34.9 Å². The van der Waals surface area contributed by atoms with Gasteiger partial charge in [-0.25, -0.2) is 0 Å². The lowest BCUT2D eigenvalue weighted by Gasteiger charge is -2.56. The van der Waals surface area contributed by atoms with Gasteiger partial charge >= 0.3 is 0 Å². The van der Waals surface area contributed by atoms with Crippen molar-refractivity contribution in [2.75, 3.05) is 13.9 Å². The maximum Gasteiger partial charge on any atom is 0.231 e. The number of benzene rings is 1. The minimum atomic E-state index is -0.274. The summed E-state index contributed by atoms with van der Waals surface area (Å²) in [5.74, 6) is 3.80. The molecule has 176 valence electrons. The number of hydrogen-bond donors (Lipinski definition) is 1. The van der Waals surface area contributed by atoms with E-state index in [2.05, 4.69) is 19.9 Å². The van der Waals surface area contributed by atoms with Crippen LogP contribution >= 0.6 is 0 Å². The van der Waals surface area contributed by atoms with Gasteiger partial charge in [-0.3, -0.25) is 4.79 Å².